The van der Waals surface area contributed by atoms with E-state index in [0.717, 1.165) is 10.5 Å². The second-order valence-electron chi connectivity index (χ2n) is 6.63. The summed E-state index contributed by atoms with van der Waals surface area (Å²) in [4.78, 5) is 2.17. The Bertz CT molecular complexity index is 1250. The maximum absolute atomic E-state index is 13.2. The molecule has 5 nitrogen and oxygen atoms in total. The highest BCUT2D eigenvalue weighted by molar-refractivity contribution is 9.10. The normalized spacial score (nSPS) is 12.5. The molecule has 3 rings (SSSR count). The van der Waals surface area contributed by atoms with Crippen LogP contribution in [0.15, 0.2) is 63.0 Å². The quantitative estimate of drug-likeness (QED) is 0.330. The van der Waals surface area contributed by atoms with Gasteiger partial charge in [-0.05, 0) is 62.4 Å². The lowest BCUT2D eigenvalue weighted by molar-refractivity contribution is -0.137. The molecule has 0 aliphatic rings. The van der Waals surface area contributed by atoms with Gasteiger partial charge in [0.1, 0.15) is 0 Å². The van der Waals surface area contributed by atoms with Crippen molar-refractivity contribution in [2.45, 2.75) is 24.9 Å². The molecule has 2 aromatic carbocycles. The summed E-state index contributed by atoms with van der Waals surface area (Å²) in [5, 5.41) is 3.42. The molecule has 11 heteroatoms. The largest absolute Gasteiger partial charge is 0.417 e. The zero-order valence-electron chi connectivity index (χ0n) is 16.2. The van der Waals surface area contributed by atoms with E-state index < -0.39 is 21.8 Å². The van der Waals surface area contributed by atoms with Gasteiger partial charge >= 0.3 is 6.18 Å². The lowest BCUT2D eigenvalue weighted by atomic mass is 10.2. The third kappa shape index (κ3) is 5.13. The lowest BCUT2D eigenvalue weighted by Gasteiger charge is -2.14. The molecule has 0 fully saturated rings. The van der Waals surface area contributed by atoms with Crippen LogP contribution in [0.2, 0.25) is 5.02 Å². The molecule has 164 valence electrons. The summed E-state index contributed by atoms with van der Waals surface area (Å²) in [6, 6.07) is 11.4. The lowest BCUT2D eigenvalue weighted by Crippen LogP contribution is -2.18. The Morgan fingerprint density at radius 1 is 1.10 bits per heavy atom. The molecular weight excluding hydrogens is 519 g/mol. The highest BCUT2D eigenvalue weighted by Gasteiger charge is 2.33. The van der Waals surface area contributed by atoms with E-state index in [1.165, 1.54) is 30.5 Å². The van der Waals surface area contributed by atoms with Gasteiger partial charge in [-0.15, -0.1) is 0 Å². The SMILES string of the molecule is Cc1cc(C=NNS(=O)(=O)c2ccc(Br)cc2)c(C)n1-c1ccc(Cl)c(C(F)(F)F)c1. The number of nitrogens with zero attached hydrogens (tertiary/aromatic N) is 2. The minimum absolute atomic E-state index is 0.0409. The van der Waals surface area contributed by atoms with Gasteiger partial charge in [0.25, 0.3) is 10.0 Å². The number of hydrogen-bond donors (Lipinski definition) is 1. The molecular formula is C20H16BrClF3N3O2S. The van der Waals surface area contributed by atoms with Gasteiger partial charge in [0.05, 0.1) is 21.7 Å². The number of hydrogen-bond acceptors (Lipinski definition) is 3. The van der Waals surface area contributed by atoms with E-state index in [1.807, 2.05) is 0 Å². The number of aromatic nitrogens is 1. The predicted molar refractivity (Wildman–Crippen MR) is 117 cm³/mol. The fourth-order valence-corrected chi connectivity index (χ4v) is 4.30. The van der Waals surface area contributed by atoms with Gasteiger partial charge in [-0.1, -0.05) is 27.5 Å². The van der Waals surface area contributed by atoms with E-state index in [2.05, 4.69) is 25.9 Å². The third-order valence-corrected chi connectivity index (χ3v) is 6.58. The number of rotatable bonds is 5. The number of sulfonamides is 1. The first-order valence-corrected chi connectivity index (χ1v) is 11.4. The van der Waals surface area contributed by atoms with Gasteiger partial charge in [0, 0.05) is 27.1 Å². The molecule has 1 heterocycles. The molecule has 0 saturated carbocycles. The smallest absolute Gasteiger partial charge is 0.318 e. The van der Waals surface area contributed by atoms with Gasteiger partial charge in [-0.3, -0.25) is 0 Å². The van der Waals surface area contributed by atoms with Crippen LogP contribution in [0.25, 0.3) is 5.69 Å². The van der Waals surface area contributed by atoms with Crippen molar-refractivity contribution in [2.24, 2.45) is 5.10 Å². The molecule has 0 amide bonds. The second-order valence-corrected chi connectivity index (χ2v) is 9.61. The van der Waals surface area contributed by atoms with Crippen molar-refractivity contribution < 1.29 is 21.6 Å². The van der Waals surface area contributed by atoms with Crippen molar-refractivity contribution in [1.29, 1.82) is 0 Å². The van der Waals surface area contributed by atoms with Gasteiger partial charge in [-0.2, -0.15) is 26.7 Å². The molecule has 31 heavy (non-hydrogen) atoms. The Balaban J connectivity index is 1.89. The van der Waals surface area contributed by atoms with Crippen LogP contribution in [0.1, 0.15) is 22.5 Å². The van der Waals surface area contributed by atoms with Gasteiger partial charge in [0.2, 0.25) is 0 Å². The van der Waals surface area contributed by atoms with E-state index in [1.54, 1.807) is 36.6 Å². The van der Waals surface area contributed by atoms with Crippen molar-refractivity contribution in [3.05, 3.63) is 80.5 Å². The number of hydrazone groups is 1. The molecule has 0 bridgehead atoms. The first-order chi connectivity index (χ1) is 14.4. The minimum Gasteiger partial charge on any atom is -0.318 e. The molecule has 0 aliphatic heterocycles. The van der Waals surface area contributed by atoms with Crippen LogP contribution in [0.4, 0.5) is 13.2 Å². The first-order valence-electron chi connectivity index (χ1n) is 8.76. The predicted octanol–water partition coefficient (Wildman–Crippen LogP) is 5.84. The Morgan fingerprint density at radius 3 is 2.35 bits per heavy atom. The number of halogens is 5. The highest BCUT2D eigenvalue weighted by Crippen LogP contribution is 2.36. The molecule has 0 spiro atoms. The fraction of sp³-hybridized carbons (Fsp3) is 0.150. The number of benzene rings is 2. The average Bonchev–Trinajstić information content (AvgIpc) is 2.95. The minimum atomic E-state index is -4.59. The van der Waals surface area contributed by atoms with E-state index in [4.69, 9.17) is 11.6 Å². The van der Waals surface area contributed by atoms with E-state index >= 15 is 0 Å². The molecule has 0 unspecified atom stereocenters. The van der Waals surface area contributed by atoms with E-state index in [-0.39, 0.29) is 15.6 Å². The van der Waals surface area contributed by atoms with E-state index in [9.17, 15) is 21.6 Å². The molecule has 0 radical (unpaired) electrons. The summed E-state index contributed by atoms with van der Waals surface area (Å²) >= 11 is 8.94. The number of alkyl halides is 3. The van der Waals surface area contributed by atoms with Crippen molar-refractivity contribution in [1.82, 2.24) is 9.40 Å². The van der Waals surface area contributed by atoms with Gasteiger partial charge < -0.3 is 4.57 Å². The van der Waals surface area contributed by atoms with Crippen LogP contribution >= 0.6 is 27.5 Å². The Morgan fingerprint density at radius 2 is 1.74 bits per heavy atom. The standard InChI is InChI=1S/C20H16BrClF3N3O2S/c1-12-9-14(11-26-27-31(29,30)17-6-3-15(21)4-7-17)13(2)28(12)16-5-8-19(22)18(10-16)20(23,24)25/h3-11,27H,1-2H3. The summed E-state index contributed by atoms with van der Waals surface area (Å²) in [5.74, 6) is 0. The summed E-state index contributed by atoms with van der Waals surface area (Å²) in [7, 11) is -3.86. The molecule has 0 saturated heterocycles. The van der Waals surface area contributed by atoms with Crippen molar-refractivity contribution in [3.8, 4) is 5.69 Å². The van der Waals surface area contributed by atoms with Crippen molar-refractivity contribution in [3.63, 3.8) is 0 Å². The zero-order chi connectivity index (χ0) is 23.0. The zero-order valence-corrected chi connectivity index (χ0v) is 19.4. The summed E-state index contributed by atoms with van der Waals surface area (Å²) in [6.07, 6.45) is -3.28. The first kappa shape index (κ1) is 23.4. The summed E-state index contributed by atoms with van der Waals surface area (Å²) in [5.41, 5.74) is 1.11. The Hall–Kier alpha value is -2.30. The van der Waals surface area contributed by atoms with Gasteiger partial charge in [0.15, 0.2) is 0 Å². The van der Waals surface area contributed by atoms with Crippen molar-refractivity contribution in [2.75, 3.05) is 0 Å². The Kier molecular flexibility index (Phi) is 6.54. The molecule has 1 aromatic heterocycles. The Labute approximate surface area is 190 Å². The molecule has 0 atom stereocenters. The van der Waals surface area contributed by atoms with Crippen LogP contribution in [-0.4, -0.2) is 19.2 Å². The topological polar surface area (TPSA) is 63.5 Å². The third-order valence-electron chi connectivity index (χ3n) is 4.48. The molecule has 0 aliphatic carbocycles. The van der Waals surface area contributed by atoms with Gasteiger partial charge in [-0.25, -0.2) is 4.83 Å². The summed E-state index contributed by atoms with van der Waals surface area (Å²) in [6.45, 7) is 3.41. The average molecular weight is 535 g/mol. The van der Waals surface area contributed by atoms with Crippen LogP contribution < -0.4 is 4.83 Å². The maximum atomic E-state index is 13.2. The van der Waals surface area contributed by atoms with Crippen LogP contribution in [0, 0.1) is 13.8 Å². The number of aryl methyl sites for hydroxylation is 1. The summed E-state index contributed by atoms with van der Waals surface area (Å²) < 4.78 is 66.6. The van der Waals surface area contributed by atoms with Crippen molar-refractivity contribution >= 4 is 43.8 Å². The van der Waals surface area contributed by atoms with Crippen LogP contribution in [0.3, 0.4) is 0 Å². The second kappa shape index (κ2) is 8.68. The van der Waals surface area contributed by atoms with Crippen LogP contribution in [0.5, 0.6) is 0 Å². The molecule has 3 aromatic rings. The molecule has 1 N–H and O–H groups in total. The monoisotopic (exact) mass is 533 g/mol. The maximum Gasteiger partial charge on any atom is 0.417 e. The van der Waals surface area contributed by atoms with Crippen LogP contribution in [-0.2, 0) is 16.2 Å². The highest BCUT2D eigenvalue weighted by atomic mass is 79.9. The van der Waals surface area contributed by atoms with E-state index in [0.29, 0.717) is 17.0 Å². The fourth-order valence-electron chi connectivity index (χ4n) is 3.02. The number of nitrogens with one attached hydrogen (secondary N) is 1.